The van der Waals surface area contributed by atoms with Crippen molar-refractivity contribution in [3.63, 3.8) is 0 Å². The predicted molar refractivity (Wildman–Crippen MR) is 134 cm³/mol. The SMILES string of the molecule is CC(C)(C)OC(=O)N[C@H](c1nc2c(F)c(C(C3CC3)N3C[C@@H](C(F)(F)F)NC3=O)ccc2o1)C1CCC(F)(F)CC1. The van der Waals surface area contributed by atoms with Gasteiger partial charge in [0.25, 0.3) is 0 Å². The Balaban J connectivity index is 1.47. The Bertz CT molecular complexity index is 1310. The Morgan fingerprint density at radius 1 is 1.15 bits per heavy atom. The summed E-state index contributed by atoms with van der Waals surface area (Å²) in [6, 6.07) is -2.16. The molecular weight excluding hydrogens is 558 g/mol. The predicted octanol–water partition coefficient (Wildman–Crippen LogP) is 6.77. The van der Waals surface area contributed by atoms with E-state index in [4.69, 9.17) is 9.15 Å². The molecule has 3 fully saturated rings. The lowest BCUT2D eigenvalue weighted by molar-refractivity contribution is -0.150. The van der Waals surface area contributed by atoms with Crippen molar-refractivity contribution < 1.29 is 45.1 Å². The topological polar surface area (TPSA) is 96.7 Å². The van der Waals surface area contributed by atoms with E-state index in [-0.39, 0.29) is 41.3 Å². The van der Waals surface area contributed by atoms with E-state index in [2.05, 4.69) is 10.3 Å². The van der Waals surface area contributed by atoms with Crippen molar-refractivity contribution >= 4 is 23.2 Å². The molecule has 1 aliphatic heterocycles. The third-order valence-corrected chi connectivity index (χ3v) is 7.77. The monoisotopic (exact) mass is 590 g/mol. The van der Waals surface area contributed by atoms with Crippen molar-refractivity contribution in [2.75, 3.05) is 6.54 Å². The van der Waals surface area contributed by atoms with Crippen LogP contribution in [0.4, 0.5) is 35.9 Å². The molecule has 2 heterocycles. The lowest BCUT2D eigenvalue weighted by Gasteiger charge is -2.33. The van der Waals surface area contributed by atoms with Crippen LogP contribution in [0.3, 0.4) is 0 Å². The van der Waals surface area contributed by atoms with Crippen molar-refractivity contribution in [1.29, 1.82) is 0 Å². The van der Waals surface area contributed by atoms with E-state index in [9.17, 15) is 31.5 Å². The zero-order valence-electron chi connectivity index (χ0n) is 22.8. The summed E-state index contributed by atoms with van der Waals surface area (Å²) in [5, 5.41) is 4.58. The van der Waals surface area contributed by atoms with E-state index in [1.807, 2.05) is 5.32 Å². The average Bonchev–Trinajstić information content (AvgIpc) is 3.45. The molecule has 226 valence electrons. The summed E-state index contributed by atoms with van der Waals surface area (Å²) >= 11 is 0. The summed E-state index contributed by atoms with van der Waals surface area (Å²) in [5.41, 5.74) is -1.06. The molecule has 1 aromatic heterocycles. The van der Waals surface area contributed by atoms with Gasteiger partial charge in [-0.1, -0.05) is 6.07 Å². The number of rotatable bonds is 6. The van der Waals surface area contributed by atoms with Crippen molar-refractivity contribution in [3.8, 4) is 0 Å². The molecule has 41 heavy (non-hydrogen) atoms. The van der Waals surface area contributed by atoms with Crippen LogP contribution in [0.25, 0.3) is 11.1 Å². The van der Waals surface area contributed by atoms with Gasteiger partial charge in [-0.25, -0.2) is 27.7 Å². The second-order valence-electron chi connectivity index (χ2n) is 12.2. The molecule has 3 atom stereocenters. The number of alkyl halides is 5. The Labute approximate surface area is 232 Å². The third kappa shape index (κ3) is 6.35. The van der Waals surface area contributed by atoms with E-state index in [0.717, 1.165) is 4.90 Å². The van der Waals surface area contributed by atoms with E-state index in [1.54, 1.807) is 20.8 Å². The first-order valence-corrected chi connectivity index (χ1v) is 13.6. The molecule has 2 saturated carbocycles. The number of fused-ring (bicyclic) bond motifs is 1. The van der Waals surface area contributed by atoms with Crippen LogP contribution in [-0.4, -0.2) is 52.3 Å². The highest BCUT2D eigenvalue weighted by atomic mass is 19.4. The summed E-state index contributed by atoms with van der Waals surface area (Å²) in [6.07, 6.45) is -4.95. The molecule has 1 unspecified atom stereocenters. The first kappa shape index (κ1) is 29.3. The Morgan fingerprint density at radius 3 is 2.37 bits per heavy atom. The number of carbonyl (C=O) groups is 2. The molecule has 1 aromatic carbocycles. The molecule has 2 aromatic rings. The number of nitrogens with one attached hydrogen (secondary N) is 2. The number of carbonyl (C=O) groups excluding carboxylic acids is 2. The normalized spacial score (nSPS) is 23.4. The first-order chi connectivity index (χ1) is 19.0. The molecule has 5 rings (SSSR count). The highest BCUT2D eigenvalue weighted by molar-refractivity contribution is 5.79. The van der Waals surface area contributed by atoms with Gasteiger partial charge in [-0.2, -0.15) is 13.2 Å². The van der Waals surface area contributed by atoms with Crippen LogP contribution in [0.15, 0.2) is 16.5 Å². The number of hydrogen-bond donors (Lipinski definition) is 2. The maximum atomic E-state index is 16.0. The van der Waals surface area contributed by atoms with Gasteiger partial charge in [-0.15, -0.1) is 0 Å². The molecule has 2 N–H and O–H groups in total. The Morgan fingerprint density at radius 2 is 1.80 bits per heavy atom. The third-order valence-electron chi connectivity index (χ3n) is 7.77. The molecule has 3 aliphatic rings. The van der Waals surface area contributed by atoms with Crippen LogP contribution in [0.5, 0.6) is 0 Å². The fourth-order valence-corrected chi connectivity index (χ4v) is 5.64. The molecule has 1 saturated heterocycles. The van der Waals surface area contributed by atoms with Crippen molar-refractivity contribution in [1.82, 2.24) is 20.5 Å². The van der Waals surface area contributed by atoms with Crippen LogP contribution >= 0.6 is 0 Å². The number of ether oxygens (including phenoxy) is 1. The van der Waals surface area contributed by atoms with Gasteiger partial charge in [0.15, 0.2) is 11.4 Å². The number of aromatic nitrogens is 1. The Kier molecular flexibility index (Phi) is 7.34. The quantitative estimate of drug-likeness (QED) is 0.362. The van der Waals surface area contributed by atoms with Crippen molar-refractivity contribution in [3.05, 3.63) is 29.4 Å². The van der Waals surface area contributed by atoms with E-state index >= 15 is 4.39 Å². The van der Waals surface area contributed by atoms with Crippen LogP contribution in [0.1, 0.15) is 82.8 Å². The zero-order valence-corrected chi connectivity index (χ0v) is 22.8. The number of urea groups is 1. The standard InChI is InChI=1S/C27H32F6N4O4/c1-25(2,3)41-24(39)36-19(13-8-10-26(29,30)11-9-13)22-35-20-16(40-22)7-6-15(18(20)28)21(14-4-5-14)37-12-17(27(31,32)33)34-23(37)38/h6-7,13-14,17,19,21H,4-5,8-12H2,1-3H3,(H,34,38)(H,36,39)/t17-,19-,21?/m0/s1. The highest BCUT2D eigenvalue weighted by Crippen LogP contribution is 2.48. The van der Waals surface area contributed by atoms with Gasteiger partial charge < -0.3 is 24.7 Å². The lowest BCUT2D eigenvalue weighted by Crippen LogP contribution is -2.40. The van der Waals surface area contributed by atoms with Gasteiger partial charge in [-0.3, -0.25) is 0 Å². The van der Waals surface area contributed by atoms with E-state index < -0.39 is 79.1 Å². The highest BCUT2D eigenvalue weighted by Gasteiger charge is 2.51. The van der Waals surface area contributed by atoms with Gasteiger partial charge >= 0.3 is 18.3 Å². The maximum Gasteiger partial charge on any atom is 0.410 e. The molecule has 2 aliphatic carbocycles. The van der Waals surface area contributed by atoms with Crippen LogP contribution in [-0.2, 0) is 4.74 Å². The van der Waals surface area contributed by atoms with Gasteiger partial charge in [0, 0.05) is 18.4 Å². The van der Waals surface area contributed by atoms with Gasteiger partial charge in [-0.05, 0) is 64.4 Å². The molecule has 0 radical (unpaired) electrons. The average molecular weight is 591 g/mol. The first-order valence-electron chi connectivity index (χ1n) is 13.6. The van der Waals surface area contributed by atoms with Crippen LogP contribution in [0.2, 0.25) is 0 Å². The van der Waals surface area contributed by atoms with Crippen LogP contribution in [0, 0.1) is 17.7 Å². The number of alkyl carbamates (subject to hydrolysis) is 1. The summed E-state index contributed by atoms with van der Waals surface area (Å²) in [6.45, 7) is 4.33. The fraction of sp³-hybridized carbons (Fsp3) is 0.667. The number of benzene rings is 1. The van der Waals surface area contributed by atoms with E-state index in [0.29, 0.717) is 12.8 Å². The Hall–Kier alpha value is -3.19. The number of oxazole rings is 1. The second-order valence-corrected chi connectivity index (χ2v) is 12.2. The largest absolute Gasteiger partial charge is 0.444 e. The minimum absolute atomic E-state index is 0.00628. The molecule has 0 spiro atoms. The van der Waals surface area contributed by atoms with E-state index in [1.165, 1.54) is 12.1 Å². The van der Waals surface area contributed by atoms with Gasteiger partial charge in [0.05, 0.1) is 12.6 Å². The lowest BCUT2D eigenvalue weighted by atomic mass is 9.82. The molecule has 8 nitrogen and oxygen atoms in total. The number of hydrogen-bond acceptors (Lipinski definition) is 5. The zero-order chi connectivity index (χ0) is 29.9. The van der Waals surface area contributed by atoms with Gasteiger partial charge in [0.1, 0.15) is 23.2 Å². The summed E-state index contributed by atoms with van der Waals surface area (Å²) in [4.78, 5) is 30.5. The smallest absolute Gasteiger partial charge is 0.410 e. The minimum atomic E-state index is -4.65. The van der Waals surface area contributed by atoms with Gasteiger partial charge in [0.2, 0.25) is 11.8 Å². The number of halogens is 6. The maximum absolute atomic E-state index is 16.0. The number of amides is 3. The molecule has 0 bridgehead atoms. The number of nitrogens with zero attached hydrogens (tertiary/aromatic N) is 2. The second kappa shape index (κ2) is 10.3. The van der Waals surface area contributed by atoms with Crippen LogP contribution < -0.4 is 10.6 Å². The minimum Gasteiger partial charge on any atom is -0.444 e. The molecule has 14 heteroatoms. The van der Waals surface area contributed by atoms with Crippen molar-refractivity contribution in [2.45, 2.75) is 95.1 Å². The van der Waals surface area contributed by atoms with Crippen molar-refractivity contribution in [2.24, 2.45) is 11.8 Å². The fourth-order valence-electron chi connectivity index (χ4n) is 5.64. The molecule has 3 amide bonds. The molecular formula is C27H32F6N4O4. The summed E-state index contributed by atoms with van der Waals surface area (Å²) in [5.74, 6) is -4.51. The summed E-state index contributed by atoms with van der Waals surface area (Å²) in [7, 11) is 0. The summed E-state index contributed by atoms with van der Waals surface area (Å²) < 4.78 is 94.9.